The van der Waals surface area contributed by atoms with Gasteiger partial charge in [-0.1, -0.05) is 36.9 Å². The summed E-state index contributed by atoms with van der Waals surface area (Å²) in [5.41, 5.74) is -4.30. The Morgan fingerprint density at radius 3 is 2.19 bits per heavy atom. The number of nitrogens with one attached hydrogen (secondary N) is 1. The number of hydrogen-bond acceptors (Lipinski definition) is 4. The molecule has 0 aliphatic carbocycles. The van der Waals surface area contributed by atoms with Crippen LogP contribution in [0.5, 0.6) is 0 Å². The zero-order valence-corrected chi connectivity index (χ0v) is 16.3. The number of carbonyl (C=O) groups excluding carboxylic acids is 1. The molecule has 0 bridgehead atoms. The second kappa shape index (κ2) is 10.4. The maximum Gasteiger partial charge on any atom is 0.485 e. The predicted octanol–water partition coefficient (Wildman–Crippen LogP) is 2.57. The van der Waals surface area contributed by atoms with Gasteiger partial charge in [-0.15, -0.1) is 0 Å². The second-order valence-electron chi connectivity index (χ2n) is 6.34. The fourth-order valence-corrected chi connectivity index (χ4v) is 2.10. The van der Waals surface area contributed by atoms with Crippen molar-refractivity contribution >= 4 is 16.0 Å². The second-order valence-corrected chi connectivity index (χ2v) is 7.71. The summed E-state index contributed by atoms with van der Waals surface area (Å²) >= 11 is 0. The Labute approximate surface area is 158 Å². The molecule has 27 heavy (non-hydrogen) atoms. The van der Waals surface area contributed by atoms with Crippen molar-refractivity contribution in [3.63, 3.8) is 0 Å². The average molecular weight is 410 g/mol. The number of carbonyl (C=O) groups is 1. The minimum atomic E-state index is -6.09. The smallest absolute Gasteiger partial charge is 0.485 e. The SMILES string of the molecule is C=CC(=O)NCCC[N+](C)(C)C(C)c1ccccc1.O=S(=O)([O-])C(F)(F)F. The molecule has 10 heteroatoms. The van der Waals surface area contributed by atoms with Crippen LogP contribution in [-0.2, 0) is 14.9 Å². The summed E-state index contributed by atoms with van der Waals surface area (Å²) in [4.78, 5) is 11.1. The first-order chi connectivity index (χ1) is 12.2. The lowest BCUT2D eigenvalue weighted by Gasteiger charge is -2.36. The van der Waals surface area contributed by atoms with Crippen LogP contribution in [0.3, 0.4) is 0 Å². The number of benzene rings is 1. The molecule has 1 N–H and O–H groups in total. The van der Waals surface area contributed by atoms with Crippen molar-refractivity contribution in [1.82, 2.24) is 5.32 Å². The third-order valence-corrected chi connectivity index (χ3v) is 4.58. The lowest BCUT2D eigenvalue weighted by molar-refractivity contribution is -0.919. The summed E-state index contributed by atoms with van der Waals surface area (Å²) in [6, 6.07) is 11.0. The van der Waals surface area contributed by atoms with E-state index >= 15 is 0 Å². The molecular formula is C17H25F3N2O4S. The van der Waals surface area contributed by atoms with Gasteiger partial charge in [-0.3, -0.25) is 4.79 Å². The molecule has 0 aliphatic heterocycles. The van der Waals surface area contributed by atoms with Gasteiger partial charge in [-0.25, -0.2) is 8.42 Å². The van der Waals surface area contributed by atoms with E-state index in [0.29, 0.717) is 12.6 Å². The van der Waals surface area contributed by atoms with Crippen molar-refractivity contribution in [3.8, 4) is 0 Å². The van der Waals surface area contributed by atoms with Gasteiger partial charge in [0, 0.05) is 18.5 Å². The third kappa shape index (κ3) is 9.55. The summed E-state index contributed by atoms with van der Waals surface area (Å²) in [5.74, 6) is -0.0959. The highest BCUT2D eigenvalue weighted by molar-refractivity contribution is 7.86. The van der Waals surface area contributed by atoms with E-state index < -0.39 is 15.6 Å². The number of amides is 1. The Bertz CT molecular complexity index is 705. The first kappa shape index (κ1) is 25.1. The van der Waals surface area contributed by atoms with E-state index in [0.717, 1.165) is 17.4 Å². The van der Waals surface area contributed by atoms with E-state index in [1.807, 2.05) is 6.07 Å². The van der Waals surface area contributed by atoms with Crippen molar-refractivity contribution in [3.05, 3.63) is 48.6 Å². The lowest BCUT2D eigenvalue weighted by atomic mass is 10.1. The summed E-state index contributed by atoms with van der Waals surface area (Å²) in [6.45, 7) is 7.41. The van der Waals surface area contributed by atoms with Gasteiger partial charge >= 0.3 is 5.51 Å². The van der Waals surface area contributed by atoms with Crippen LogP contribution in [0.25, 0.3) is 0 Å². The molecule has 1 aromatic carbocycles. The molecule has 154 valence electrons. The normalized spacial score (nSPS) is 13.1. The van der Waals surface area contributed by atoms with Crippen molar-refractivity contribution < 1.29 is 35.4 Å². The third-order valence-electron chi connectivity index (χ3n) is 4.01. The molecule has 0 radical (unpaired) electrons. The van der Waals surface area contributed by atoms with Gasteiger partial charge in [-0.05, 0) is 13.0 Å². The van der Waals surface area contributed by atoms with Crippen LogP contribution in [-0.4, -0.2) is 56.1 Å². The molecule has 0 saturated heterocycles. The molecule has 0 spiro atoms. The topological polar surface area (TPSA) is 86.3 Å². The molecule has 0 heterocycles. The number of nitrogens with zero attached hydrogens (tertiary/aromatic N) is 1. The summed E-state index contributed by atoms with van der Waals surface area (Å²) in [6.07, 6.45) is 2.27. The van der Waals surface area contributed by atoms with Gasteiger partial charge in [-0.2, -0.15) is 13.2 Å². The van der Waals surface area contributed by atoms with Crippen LogP contribution in [0.15, 0.2) is 43.0 Å². The number of quaternary nitrogens is 1. The maximum atomic E-state index is 11.1. The van der Waals surface area contributed by atoms with Crippen LogP contribution in [0.2, 0.25) is 0 Å². The Balaban J connectivity index is 0.000000713. The average Bonchev–Trinajstić information content (AvgIpc) is 2.57. The van der Waals surface area contributed by atoms with Crippen molar-refractivity contribution in [2.45, 2.75) is 24.9 Å². The zero-order valence-electron chi connectivity index (χ0n) is 15.5. The molecule has 1 unspecified atom stereocenters. The number of rotatable bonds is 7. The van der Waals surface area contributed by atoms with Crippen LogP contribution in [0.4, 0.5) is 13.2 Å². The van der Waals surface area contributed by atoms with E-state index in [2.05, 4.69) is 57.2 Å². The molecule has 0 aliphatic rings. The van der Waals surface area contributed by atoms with E-state index in [1.54, 1.807) is 0 Å². The molecule has 1 aromatic rings. The van der Waals surface area contributed by atoms with Crippen molar-refractivity contribution in [1.29, 1.82) is 0 Å². The van der Waals surface area contributed by atoms with E-state index in [9.17, 15) is 18.0 Å². The number of halogens is 3. The Hall–Kier alpha value is -1.91. The van der Waals surface area contributed by atoms with Gasteiger partial charge in [0.15, 0.2) is 10.1 Å². The van der Waals surface area contributed by atoms with Crippen LogP contribution >= 0.6 is 0 Å². The minimum absolute atomic E-state index is 0.0959. The predicted molar refractivity (Wildman–Crippen MR) is 95.4 cm³/mol. The van der Waals surface area contributed by atoms with Crippen LogP contribution < -0.4 is 5.32 Å². The Morgan fingerprint density at radius 1 is 1.30 bits per heavy atom. The van der Waals surface area contributed by atoms with Crippen LogP contribution in [0, 0.1) is 0 Å². The van der Waals surface area contributed by atoms with Crippen molar-refractivity contribution in [2.24, 2.45) is 0 Å². The summed E-state index contributed by atoms with van der Waals surface area (Å²) in [5, 5.41) is 2.82. The highest BCUT2D eigenvalue weighted by Gasteiger charge is 2.36. The minimum Gasteiger partial charge on any atom is -0.741 e. The number of hydrogen-bond donors (Lipinski definition) is 1. The monoisotopic (exact) mass is 410 g/mol. The first-order valence-electron chi connectivity index (χ1n) is 8.02. The van der Waals surface area contributed by atoms with Gasteiger partial charge in [0.1, 0.15) is 6.04 Å². The maximum absolute atomic E-state index is 11.1. The Morgan fingerprint density at radius 2 is 1.78 bits per heavy atom. The fourth-order valence-electron chi connectivity index (χ4n) is 2.10. The molecular weight excluding hydrogens is 385 g/mol. The standard InChI is InChI=1S/C16H24N2O.CHF3O3S/c1-5-16(19)17-12-9-13-18(3,4)14(2)15-10-7-6-8-11-15;2-1(3,4)8(5,6)7/h5-8,10-11,14H,1,9,12-13H2,2-4H3;(H,5,6,7). The largest absolute Gasteiger partial charge is 0.741 e. The molecule has 1 amide bonds. The molecule has 0 aromatic heterocycles. The summed E-state index contributed by atoms with van der Waals surface area (Å²) in [7, 11) is -1.63. The van der Waals surface area contributed by atoms with Crippen molar-refractivity contribution in [2.75, 3.05) is 27.2 Å². The summed E-state index contributed by atoms with van der Waals surface area (Å²) < 4.78 is 59.8. The highest BCUT2D eigenvalue weighted by Crippen LogP contribution is 2.24. The quantitative estimate of drug-likeness (QED) is 0.246. The molecule has 0 saturated carbocycles. The zero-order chi connectivity index (χ0) is 21.3. The van der Waals surface area contributed by atoms with Gasteiger partial charge < -0.3 is 14.4 Å². The van der Waals surface area contributed by atoms with Gasteiger partial charge in [0.05, 0.1) is 20.6 Å². The van der Waals surface area contributed by atoms with E-state index in [-0.39, 0.29) is 5.91 Å². The van der Waals surface area contributed by atoms with E-state index in [1.165, 1.54) is 11.6 Å². The molecule has 6 nitrogen and oxygen atoms in total. The van der Waals surface area contributed by atoms with E-state index in [4.69, 9.17) is 13.0 Å². The molecule has 1 atom stereocenters. The first-order valence-corrected chi connectivity index (χ1v) is 9.43. The highest BCUT2D eigenvalue weighted by atomic mass is 32.2. The molecule has 0 fully saturated rings. The van der Waals surface area contributed by atoms with Crippen LogP contribution in [0.1, 0.15) is 24.9 Å². The number of alkyl halides is 3. The fraction of sp³-hybridized carbons (Fsp3) is 0.471. The Kier molecular flexibility index (Phi) is 9.69. The van der Waals surface area contributed by atoms with Gasteiger partial charge in [0.25, 0.3) is 0 Å². The lowest BCUT2D eigenvalue weighted by Crippen LogP contribution is -2.43. The molecule has 1 rings (SSSR count). The van der Waals surface area contributed by atoms with Gasteiger partial charge in [0.2, 0.25) is 5.91 Å².